The summed E-state index contributed by atoms with van der Waals surface area (Å²) in [5.41, 5.74) is 0.563. The maximum absolute atomic E-state index is 13.2. The highest BCUT2D eigenvalue weighted by molar-refractivity contribution is 7.97. The van der Waals surface area contributed by atoms with Crippen molar-refractivity contribution in [2.75, 3.05) is 7.05 Å². The zero-order valence-electron chi connectivity index (χ0n) is 24.7. The minimum atomic E-state index is -1.09. The molecule has 4 amide bonds. The van der Waals surface area contributed by atoms with Gasteiger partial charge in [0.2, 0.25) is 17.6 Å². The van der Waals surface area contributed by atoms with Crippen LogP contribution in [-0.2, 0) is 25.7 Å². The third kappa shape index (κ3) is 10.3. The van der Waals surface area contributed by atoms with Crippen LogP contribution < -0.4 is 26.0 Å². The van der Waals surface area contributed by atoms with Gasteiger partial charge in [-0.3, -0.25) is 28.7 Å². The summed E-state index contributed by atoms with van der Waals surface area (Å²) in [7, 11) is 1.82. The van der Waals surface area contributed by atoms with Gasteiger partial charge in [-0.25, -0.2) is 0 Å². The van der Waals surface area contributed by atoms with Crippen LogP contribution in [0.4, 0.5) is 0 Å². The third-order valence-corrected chi connectivity index (χ3v) is 6.97. The molecule has 41 heavy (non-hydrogen) atoms. The molecule has 222 valence electrons. The van der Waals surface area contributed by atoms with Crippen LogP contribution in [0.3, 0.4) is 0 Å². The van der Waals surface area contributed by atoms with Crippen LogP contribution >= 0.6 is 11.9 Å². The number of carbonyl (C=O) groups is 5. The van der Waals surface area contributed by atoms with Gasteiger partial charge in [-0.2, -0.15) is 0 Å². The summed E-state index contributed by atoms with van der Waals surface area (Å²) in [5.74, 6) is -3.57. The molecule has 0 aliphatic heterocycles. The van der Waals surface area contributed by atoms with Crippen molar-refractivity contribution in [1.82, 2.24) is 26.0 Å². The summed E-state index contributed by atoms with van der Waals surface area (Å²) in [5, 5.41) is 10.6. The second-order valence-corrected chi connectivity index (χ2v) is 12.2. The Morgan fingerprint density at radius 3 is 1.95 bits per heavy atom. The summed E-state index contributed by atoms with van der Waals surface area (Å²) in [4.78, 5) is 65.5. The van der Waals surface area contributed by atoms with Gasteiger partial charge in [-0.05, 0) is 67.1 Å². The van der Waals surface area contributed by atoms with E-state index in [4.69, 9.17) is 0 Å². The van der Waals surface area contributed by atoms with Gasteiger partial charge in [-0.1, -0.05) is 65.0 Å². The molecular weight excluding hydrogens is 542 g/mol. The zero-order chi connectivity index (χ0) is 30.7. The van der Waals surface area contributed by atoms with Crippen LogP contribution in [0.2, 0.25) is 0 Å². The smallest absolute Gasteiger partial charge is 0.289 e. The molecule has 3 atom stereocenters. The van der Waals surface area contributed by atoms with Gasteiger partial charge < -0.3 is 21.3 Å². The minimum absolute atomic E-state index is 0.156. The third-order valence-electron chi connectivity index (χ3n) is 6.26. The highest BCUT2D eigenvalue weighted by Crippen LogP contribution is 2.20. The molecule has 0 aromatic heterocycles. The highest BCUT2D eigenvalue weighted by Gasteiger charge is 2.35. The first-order valence-corrected chi connectivity index (χ1v) is 14.3. The predicted molar refractivity (Wildman–Crippen MR) is 160 cm³/mol. The second kappa shape index (κ2) is 15.3. The number of hydrogen-bond acceptors (Lipinski definition) is 7. The lowest BCUT2D eigenvalue weighted by Gasteiger charge is -2.31. The topological polar surface area (TPSA) is 145 Å². The first-order chi connectivity index (χ1) is 19.2. The van der Waals surface area contributed by atoms with Gasteiger partial charge in [0.15, 0.2) is 0 Å². The number of amides is 4. The van der Waals surface area contributed by atoms with E-state index in [2.05, 4.69) is 26.0 Å². The Hall–Kier alpha value is -3.70. The highest BCUT2D eigenvalue weighted by atomic mass is 32.2. The number of rotatable bonds is 13. The summed E-state index contributed by atoms with van der Waals surface area (Å²) in [6, 6.07) is 12.9. The Kier molecular flexibility index (Phi) is 12.5. The average molecular weight is 584 g/mol. The van der Waals surface area contributed by atoms with Crippen molar-refractivity contribution in [2.24, 2.45) is 11.3 Å². The van der Waals surface area contributed by atoms with Crippen molar-refractivity contribution < 1.29 is 24.0 Å². The number of benzene rings is 2. The van der Waals surface area contributed by atoms with Gasteiger partial charge in [0, 0.05) is 17.0 Å². The van der Waals surface area contributed by atoms with E-state index in [9.17, 15) is 24.0 Å². The lowest BCUT2D eigenvalue weighted by Crippen LogP contribution is -2.59. The van der Waals surface area contributed by atoms with E-state index >= 15 is 0 Å². The molecule has 0 heterocycles. The van der Waals surface area contributed by atoms with E-state index in [0.29, 0.717) is 5.56 Å². The molecule has 2 aromatic rings. The van der Waals surface area contributed by atoms with Crippen molar-refractivity contribution in [1.29, 1.82) is 0 Å². The Balaban J connectivity index is 2.00. The first-order valence-electron chi connectivity index (χ1n) is 13.5. The summed E-state index contributed by atoms with van der Waals surface area (Å²) in [6.07, 6.45) is 0. The first kappa shape index (κ1) is 33.5. The van der Waals surface area contributed by atoms with Crippen molar-refractivity contribution in [3.05, 3.63) is 65.7 Å². The van der Waals surface area contributed by atoms with Crippen LogP contribution in [0, 0.1) is 11.3 Å². The summed E-state index contributed by atoms with van der Waals surface area (Å²) in [6.45, 7) is 10.5. The Bertz CT molecular complexity index is 1210. The molecule has 0 radical (unpaired) electrons. The van der Waals surface area contributed by atoms with Gasteiger partial charge in [0.05, 0.1) is 6.04 Å². The molecule has 0 saturated carbocycles. The number of hydrogen-bond donors (Lipinski definition) is 5. The predicted octanol–water partition coefficient (Wildman–Crippen LogP) is 2.59. The van der Waals surface area contributed by atoms with E-state index in [1.165, 1.54) is 18.9 Å². The maximum atomic E-state index is 13.2. The lowest BCUT2D eigenvalue weighted by molar-refractivity contribution is -0.141. The molecule has 0 aliphatic carbocycles. The van der Waals surface area contributed by atoms with E-state index in [1.54, 1.807) is 65.0 Å². The molecule has 0 bridgehead atoms. The molecule has 2 aromatic carbocycles. The monoisotopic (exact) mass is 583 g/mol. The number of carbonyl (C=O) groups excluding carboxylic acids is 5. The molecule has 0 unspecified atom stereocenters. The molecular formula is C30H41N5O5S. The standard InChI is InChI=1S/C30H41N5O5S/c1-18(2)23(24(36)28(39)32-17-20-13-15-22(16-14-20)41-31-7)34-26(37)19(3)33-29(40)25(30(4,5)6)35-27(38)21-11-9-8-10-12-21/h8-16,18-19,23,25,31H,17H2,1-7H3,(H,32,39)(H,33,40)(H,34,37)(H,35,38)/t19-,23-,25+/m0/s1. The van der Waals surface area contributed by atoms with Gasteiger partial charge >= 0.3 is 0 Å². The fraction of sp³-hybridized carbons (Fsp3) is 0.433. The second-order valence-electron chi connectivity index (χ2n) is 11.1. The fourth-order valence-electron chi connectivity index (χ4n) is 3.86. The number of ketones is 1. The van der Waals surface area contributed by atoms with Crippen molar-refractivity contribution in [3.63, 3.8) is 0 Å². The average Bonchev–Trinajstić information content (AvgIpc) is 2.93. The van der Waals surface area contributed by atoms with Crippen LogP contribution in [0.15, 0.2) is 59.5 Å². The Morgan fingerprint density at radius 2 is 1.41 bits per heavy atom. The molecule has 0 fully saturated rings. The Morgan fingerprint density at radius 1 is 0.805 bits per heavy atom. The molecule has 2 rings (SSSR count). The largest absolute Gasteiger partial charge is 0.345 e. The molecule has 0 aliphatic rings. The van der Waals surface area contributed by atoms with Crippen LogP contribution in [0.1, 0.15) is 57.5 Å². The van der Waals surface area contributed by atoms with Crippen molar-refractivity contribution in [3.8, 4) is 0 Å². The van der Waals surface area contributed by atoms with Crippen LogP contribution in [0.25, 0.3) is 0 Å². The minimum Gasteiger partial charge on any atom is -0.345 e. The molecule has 5 N–H and O–H groups in total. The van der Waals surface area contributed by atoms with Gasteiger partial charge in [-0.15, -0.1) is 0 Å². The SMILES string of the molecule is CNSc1ccc(CNC(=O)C(=O)[C@@H](NC(=O)[C@H](C)NC(=O)[C@@H](NC(=O)c2ccccc2)C(C)(C)C)C(C)C)cc1. The van der Waals surface area contributed by atoms with E-state index in [0.717, 1.165) is 10.5 Å². The zero-order valence-corrected chi connectivity index (χ0v) is 25.5. The fourth-order valence-corrected chi connectivity index (χ4v) is 4.37. The summed E-state index contributed by atoms with van der Waals surface area (Å²) < 4.78 is 2.98. The lowest BCUT2D eigenvalue weighted by atomic mass is 9.85. The van der Waals surface area contributed by atoms with Crippen LogP contribution in [0.5, 0.6) is 0 Å². The molecule has 0 spiro atoms. The maximum Gasteiger partial charge on any atom is 0.289 e. The van der Waals surface area contributed by atoms with Crippen LogP contribution in [-0.4, -0.2) is 54.6 Å². The van der Waals surface area contributed by atoms with Gasteiger partial charge in [0.1, 0.15) is 12.1 Å². The summed E-state index contributed by atoms with van der Waals surface area (Å²) >= 11 is 1.46. The van der Waals surface area contributed by atoms with Gasteiger partial charge in [0.25, 0.3) is 11.8 Å². The van der Waals surface area contributed by atoms with E-state index in [1.807, 2.05) is 31.3 Å². The van der Waals surface area contributed by atoms with E-state index in [-0.39, 0.29) is 12.5 Å². The van der Waals surface area contributed by atoms with E-state index < -0.39 is 53.0 Å². The van der Waals surface area contributed by atoms with Crippen molar-refractivity contribution in [2.45, 2.75) is 71.1 Å². The normalized spacial score (nSPS) is 13.5. The molecule has 0 saturated heterocycles. The van der Waals surface area contributed by atoms with Crippen molar-refractivity contribution >= 4 is 41.4 Å². The molecule has 10 nitrogen and oxygen atoms in total. The number of nitrogens with one attached hydrogen (secondary N) is 5. The number of Topliss-reactive ketones (excluding diaryl/α,β-unsaturated/α-hetero) is 1. The Labute approximate surface area is 246 Å². The molecule has 11 heteroatoms. The quantitative estimate of drug-likeness (QED) is 0.180.